The summed E-state index contributed by atoms with van der Waals surface area (Å²) in [4.78, 5) is 18.9. The Kier molecular flexibility index (Phi) is 2.52. The van der Waals surface area contributed by atoms with Crippen LogP contribution in [0.2, 0.25) is 0 Å². The van der Waals surface area contributed by atoms with Crippen molar-refractivity contribution >= 4 is 5.82 Å². The Morgan fingerprint density at radius 1 is 1.54 bits per heavy atom. The highest BCUT2D eigenvalue weighted by molar-refractivity contribution is 5.28. The number of anilines is 1. The van der Waals surface area contributed by atoms with Gasteiger partial charge in [-0.15, -0.1) is 13.2 Å². The number of hydrogen-bond acceptors (Lipinski definition) is 4. The third-order valence-corrected chi connectivity index (χ3v) is 0.951. The lowest BCUT2D eigenvalue weighted by molar-refractivity contribution is -0.311. The minimum atomic E-state index is -4.81. The average Bonchev–Trinajstić information content (AvgIpc) is 2.00. The molecule has 1 aromatic heterocycles. The predicted molar refractivity (Wildman–Crippen MR) is 35.6 cm³/mol. The van der Waals surface area contributed by atoms with E-state index in [1.807, 2.05) is 4.98 Å². The number of rotatable bonds is 2. The molecule has 0 aliphatic carbocycles. The average molecular weight is 195 g/mol. The van der Waals surface area contributed by atoms with Crippen LogP contribution in [0.25, 0.3) is 0 Å². The molecule has 0 aliphatic heterocycles. The second-order valence-electron chi connectivity index (χ2n) is 1.94. The third kappa shape index (κ3) is 3.56. The highest BCUT2D eigenvalue weighted by atomic mass is 19.4. The molecule has 1 heterocycles. The Bertz CT molecular complexity index is 334. The molecule has 0 atom stereocenters. The molecule has 0 saturated heterocycles. The van der Waals surface area contributed by atoms with Crippen LogP contribution in [0.3, 0.4) is 0 Å². The standard InChI is InChI=1S/C5H4F3N3O2/c6-5(7,8)13-11-3-1-2-9-4(12)10-3/h1-2H,(H2,9,10,11,12). The van der Waals surface area contributed by atoms with E-state index in [1.165, 1.54) is 5.48 Å². The molecule has 0 spiro atoms. The molecular formula is C5H4F3N3O2. The Morgan fingerprint density at radius 3 is 2.77 bits per heavy atom. The molecule has 72 valence electrons. The van der Waals surface area contributed by atoms with Crippen molar-refractivity contribution < 1.29 is 18.0 Å². The first kappa shape index (κ1) is 9.52. The lowest BCUT2D eigenvalue weighted by Crippen LogP contribution is -2.20. The highest BCUT2D eigenvalue weighted by Gasteiger charge is 2.30. The zero-order chi connectivity index (χ0) is 9.90. The van der Waals surface area contributed by atoms with Crippen molar-refractivity contribution in [3.8, 4) is 0 Å². The van der Waals surface area contributed by atoms with Crippen LogP contribution in [-0.2, 0) is 4.84 Å². The summed E-state index contributed by atoms with van der Waals surface area (Å²) < 4.78 is 34.3. The number of H-pyrrole nitrogens is 1. The summed E-state index contributed by atoms with van der Waals surface area (Å²) >= 11 is 0. The molecule has 2 N–H and O–H groups in total. The van der Waals surface area contributed by atoms with Gasteiger partial charge in [-0.25, -0.2) is 15.3 Å². The quantitative estimate of drug-likeness (QED) is 0.679. The van der Waals surface area contributed by atoms with E-state index in [4.69, 9.17) is 0 Å². The summed E-state index contributed by atoms with van der Waals surface area (Å²) in [6.45, 7) is 0. The van der Waals surface area contributed by atoms with E-state index in [9.17, 15) is 18.0 Å². The van der Waals surface area contributed by atoms with Gasteiger partial charge in [0.1, 0.15) is 5.82 Å². The first-order valence-electron chi connectivity index (χ1n) is 3.03. The molecule has 0 bridgehead atoms. The number of halogens is 3. The van der Waals surface area contributed by atoms with E-state index in [1.54, 1.807) is 0 Å². The fourth-order valence-electron chi connectivity index (χ4n) is 0.541. The summed E-state index contributed by atoms with van der Waals surface area (Å²) in [6.07, 6.45) is -3.76. The van der Waals surface area contributed by atoms with E-state index in [-0.39, 0.29) is 5.82 Å². The summed E-state index contributed by atoms with van der Waals surface area (Å²) in [5.41, 5.74) is 0.737. The SMILES string of the molecule is O=c1nccc(NOC(F)(F)F)[nH]1. The van der Waals surface area contributed by atoms with Gasteiger partial charge < -0.3 is 0 Å². The van der Waals surface area contributed by atoms with Gasteiger partial charge in [0, 0.05) is 6.20 Å². The second kappa shape index (κ2) is 3.44. The fourth-order valence-corrected chi connectivity index (χ4v) is 0.541. The van der Waals surface area contributed by atoms with Gasteiger partial charge in [0.15, 0.2) is 0 Å². The van der Waals surface area contributed by atoms with Crippen molar-refractivity contribution in [2.45, 2.75) is 6.36 Å². The molecule has 0 saturated carbocycles. The topological polar surface area (TPSA) is 67.0 Å². The molecule has 0 fully saturated rings. The monoisotopic (exact) mass is 195 g/mol. The van der Waals surface area contributed by atoms with Crippen molar-refractivity contribution in [3.63, 3.8) is 0 Å². The minimum absolute atomic E-state index is 0.225. The number of aromatic amines is 1. The molecule has 0 unspecified atom stereocenters. The third-order valence-electron chi connectivity index (χ3n) is 0.951. The maximum Gasteiger partial charge on any atom is 0.543 e. The molecule has 8 heteroatoms. The minimum Gasteiger partial charge on any atom is -0.291 e. The van der Waals surface area contributed by atoms with Gasteiger partial charge in [0.25, 0.3) is 0 Å². The van der Waals surface area contributed by atoms with E-state index in [2.05, 4.69) is 9.82 Å². The molecule has 1 rings (SSSR count). The van der Waals surface area contributed by atoms with Crippen LogP contribution in [0.4, 0.5) is 19.0 Å². The zero-order valence-corrected chi connectivity index (χ0v) is 6.05. The van der Waals surface area contributed by atoms with Crippen LogP contribution in [0.1, 0.15) is 0 Å². The number of aromatic nitrogens is 2. The Morgan fingerprint density at radius 2 is 2.23 bits per heavy atom. The Labute approximate surface area is 69.5 Å². The van der Waals surface area contributed by atoms with Gasteiger partial charge in [0.2, 0.25) is 0 Å². The highest BCUT2D eigenvalue weighted by Crippen LogP contribution is 2.16. The second-order valence-corrected chi connectivity index (χ2v) is 1.94. The summed E-state index contributed by atoms with van der Waals surface area (Å²) in [5, 5.41) is 0. The van der Waals surface area contributed by atoms with Crippen LogP contribution >= 0.6 is 0 Å². The molecule has 0 radical (unpaired) electrons. The number of nitrogens with one attached hydrogen (secondary N) is 2. The zero-order valence-electron chi connectivity index (χ0n) is 6.05. The number of nitrogens with zero attached hydrogens (tertiary/aromatic N) is 1. The smallest absolute Gasteiger partial charge is 0.291 e. The van der Waals surface area contributed by atoms with Crippen molar-refractivity contribution in [1.29, 1.82) is 0 Å². The molecule has 0 aromatic carbocycles. The molecule has 1 aromatic rings. The summed E-state index contributed by atoms with van der Waals surface area (Å²) in [5.74, 6) is -0.225. The van der Waals surface area contributed by atoms with E-state index >= 15 is 0 Å². The predicted octanol–water partition coefficient (Wildman–Crippen LogP) is 0.633. The van der Waals surface area contributed by atoms with Crippen LogP contribution in [0, 0.1) is 0 Å². The van der Waals surface area contributed by atoms with Crippen molar-refractivity contribution in [1.82, 2.24) is 9.97 Å². The van der Waals surface area contributed by atoms with Gasteiger partial charge in [0.05, 0.1) is 0 Å². The summed E-state index contributed by atoms with van der Waals surface area (Å²) in [7, 11) is 0. The fraction of sp³-hybridized carbons (Fsp3) is 0.200. The molecular weight excluding hydrogens is 191 g/mol. The lowest BCUT2D eigenvalue weighted by Gasteiger charge is -2.07. The van der Waals surface area contributed by atoms with Crippen LogP contribution in [0.15, 0.2) is 17.1 Å². The van der Waals surface area contributed by atoms with Crippen LogP contribution in [-0.4, -0.2) is 16.3 Å². The van der Waals surface area contributed by atoms with E-state index in [0.29, 0.717) is 0 Å². The molecule has 13 heavy (non-hydrogen) atoms. The molecule has 0 aliphatic rings. The largest absolute Gasteiger partial charge is 0.543 e. The Balaban J connectivity index is 2.60. The first-order valence-corrected chi connectivity index (χ1v) is 3.03. The number of alkyl halides is 3. The molecule has 0 amide bonds. The van der Waals surface area contributed by atoms with Crippen LogP contribution in [0.5, 0.6) is 0 Å². The van der Waals surface area contributed by atoms with Gasteiger partial charge in [-0.3, -0.25) is 4.98 Å². The van der Waals surface area contributed by atoms with E-state index in [0.717, 1.165) is 12.3 Å². The number of hydrogen-bond donors (Lipinski definition) is 2. The van der Waals surface area contributed by atoms with Crippen LogP contribution < -0.4 is 11.2 Å². The van der Waals surface area contributed by atoms with Gasteiger partial charge in [-0.1, -0.05) is 0 Å². The van der Waals surface area contributed by atoms with Gasteiger partial charge in [-0.05, 0) is 6.07 Å². The molecule has 5 nitrogen and oxygen atoms in total. The van der Waals surface area contributed by atoms with Gasteiger partial charge >= 0.3 is 12.1 Å². The maximum absolute atomic E-state index is 11.4. The van der Waals surface area contributed by atoms with E-state index < -0.39 is 12.1 Å². The first-order chi connectivity index (χ1) is 5.97. The van der Waals surface area contributed by atoms with Crippen molar-refractivity contribution in [2.75, 3.05) is 5.48 Å². The maximum atomic E-state index is 11.4. The Hall–Kier alpha value is -1.57. The summed E-state index contributed by atoms with van der Waals surface area (Å²) in [6, 6.07) is 1.12. The lowest BCUT2D eigenvalue weighted by atomic mass is 10.6. The van der Waals surface area contributed by atoms with Crippen molar-refractivity contribution in [2.24, 2.45) is 0 Å². The van der Waals surface area contributed by atoms with Gasteiger partial charge in [-0.2, -0.15) is 4.84 Å². The van der Waals surface area contributed by atoms with Crippen molar-refractivity contribution in [3.05, 3.63) is 22.7 Å². The normalized spacial score (nSPS) is 11.3.